The average molecular weight is 1030 g/mol. The van der Waals surface area contributed by atoms with E-state index in [-0.39, 0.29) is 18.9 Å². The summed E-state index contributed by atoms with van der Waals surface area (Å²) in [5.41, 5.74) is 0. The smallest absolute Gasteiger partial charge is 0.220 e. The van der Waals surface area contributed by atoms with Gasteiger partial charge in [-0.25, -0.2) is 0 Å². The van der Waals surface area contributed by atoms with Crippen LogP contribution in [0.15, 0.2) is 36.5 Å². The van der Waals surface area contributed by atoms with E-state index in [1.165, 1.54) is 161 Å². The standard InChI is InChI=1S/C58H107NO13/c1-3-5-7-9-11-13-14-15-16-17-18-19-20-21-22-23-24-25-26-27-28-29-30-31-32-34-36-38-40-42-50(63)59-46(47(62)41-39-37-35-33-12-10-8-6-4-2)45-69-57-55(68)53(66)56(49(44-61)71-57)72-58-54(67)52(65)51(64)48(43-60)70-58/h4,6,12,33,39,41,46-49,51-58,60-62,64-68H,3,5,7-11,13-32,34-38,40,42-45H2,1-2H3,(H,59,63)/b6-4+,33-12+,41-39+. The molecule has 2 aliphatic rings. The Bertz CT molecular complexity index is 1350. The molecule has 14 heteroatoms. The van der Waals surface area contributed by atoms with Gasteiger partial charge in [-0.15, -0.1) is 0 Å². The fraction of sp³-hybridized carbons (Fsp3) is 0.879. The molecule has 0 spiro atoms. The lowest BCUT2D eigenvalue weighted by Gasteiger charge is -2.46. The highest BCUT2D eigenvalue weighted by molar-refractivity contribution is 5.76. The van der Waals surface area contributed by atoms with Gasteiger partial charge in [0.2, 0.25) is 5.91 Å². The van der Waals surface area contributed by atoms with Crippen molar-refractivity contribution in [2.75, 3.05) is 19.8 Å². The highest BCUT2D eigenvalue weighted by atomic mass is 16.7. The number of carbonyl (C=O) groups is 1. The van der Waals surface area contributed by atoms with Crippen molar-refractivity contribution >= 4 is 5.91 Å². The summed E-state index contributed by atoms with van der Waals surface area (Å²) in [6.45, 7) is 2.54. The molecule has 422 valence electrons. The predicted octanol–water partition coefficient (Wildman–Crippen LogP) is 9.44. The second-order valence-corrected chi connectivity index (χ2v) is 20.8. The lowest BCUT2D eigenvalue weighted by molar-refractivity contribution is -0.359. The fourth-order valence-corrected chi connectivity index (χ4v) is 9.68. The van der Waals surface area contributed by atoms with Gasteiger partial charge in [0.15, 0.2) is 12.6 Å². The molecular formula is C58H107NO13. The molecule has 72 heavy (non-hydrogen) atoms. The Hall–Kier alpha value is -1.79. The van der Waals surface area contributed by atoms with Crippen LogP contribution >= 0.6 is 0 Å². The first-order valence-electron chi connectivity index (χ1n) is 29.2. The van der Waals surface area contributed by atoms with Gasteiger partial charge in [-0.05, 0) is 39.0 Å². The normalized spacial score (nSPS) is 25.8. The van der Waals surface area contributed by atoms with E-state index in [0.717, 1.165) is 38.5 Å². The molecular weight excluding hydrogens is 919 g/mol. The number of aliphatic hydroxyl groups excluding tert-OH is 8. The van der Waals surface area contributed by atoms with Gasteiger partial charge in [0, 0.05) is 6.42 Å². The molecule has 12 atom stereocenters. The van der Waals surface area contributed by atoms with Gasteiger partial charge in [-0.3, -0.25) is 4.79 Å². The number of allylic oxidation sites excluding steroid dienone is 5. The van der Waals surface area contributed by atoms with Crippen molar-refractivity contribution in [1.82, 2.24) is 5.32 Å². The third-order valence-corrected chi connectivity index (χ3v) is 14.4. The molecule has 0 bridgehead atoms. The highest BCUT2D eigenvalue weighted by Crippen LogP contribution is 2.30. The molecule has 14 nitrogen and oxygen atoms in total. The van der Waals surface area contributed by atoms with Crippen LogP contribution in [-0.4, -0.2) is 140 Å². The molecule has 0 aromatic rings. The maximum Gasteiger partial charge on any atom is 0.220 e. The summed E-state index contributed by atoms with van der Waals surface area (Å²) in [6, 6.07) is -0.933. The third-order valence-electron chi connectivity index (χ3n) is 14.4. The van der Waals surface area contributed by atoms with Crippen LogP contribution in [0.5, 0.6) is 0 Å². The number of unbranched alkanes of at least 4 members (excludes halogenated alkanes) is 30. The molecule has 12 unspecified atom stereocenters. The minimum atomic E-state index is -1.79. The van der Waals surface area contributed by atoms with E-state index in [9.17, 15) is 45.6 Å². The van der Waals surface area contributed by atoms with Gasteiger partial charge in [-0.1, -0.05) is 223 Å². The molecule has 0 saturated carbocycles. The van der Waals surface area contributed by atoms with Crippen molar-refractivity contribution in [1.29, 1.82) is 0 Å². The SMILES string of the molecule is C/C=C/CC/C=C/CC/C=C/C(O)C(COC1OC(CO)C(OC2OC(CO)C(O)C(O)C2O)C(O)C1O)NC(=O)CCCCCCCCCCCCCCCCCCCCCCCCCCCCCCC. The minimum Gasteiger partial charge on any atom is -0.394 e. The molecule has 2 saturated heterocycles. The van der Waals surface area contributed by atoms with Crippen LogP contribution in [0.1, 0.15) is 232 Å². The Labute approximate surface area is 436 Å². The van der Waals surface area contributed by atoms with Crippen molar-refractivity contribution < 1.29 is 64.6 Å². The van der Waals surface area contributed by atoms with Crippen molar-refractivity contribution in [3.63, 3.8) is 0 Å². The van der Waals surface area contributed by atoms with Gasteiger partial charge >= 0.3 is 0 Å². The Morgan fingerprint density at radius 2 is 0.917 bits per heavy atom. The van der Waals surface area contributed by atoms with E-state index < -0.39 is 86.8 Å². The monoisotopic (exact) mass is 1030 g/mol. The molecule has 0 aromatic heterocycles. The predicted molar refractivity (Wildman–Crippen MR) is 286 cm³/mol. The summed E-state index contributed by atoms with van der Waals surface area (Å²) in [5, 5.41) is 86.7. The fourth-order valence-electron chi connectivity index (χ4n) is 9.68. The molecule has 0 aromatic carbocycles. The summed E-state index contributed by atoms with van der Waals surface area (Å²) >= 11 is 0. The molecule has 2 fully saturated rings. The Balaban J connectivity index is 1.63. The largest absolute Gasteiger partial charge is 0.394 e. The molecule has 2 heterocycles. The number of carbonyl (C=O) groups excluding carboxylic acids is 1. The van der Waals surface area contributed by atoms with Crippen molar-refractivity contribution in [3.05, 3.63) is 36.5 Å². The molecule has 1 amide bonds. The van der Waals surface area contributed by atoms with Crippen molar-refractivity contribution in [3.8, 4) is 0 Å². The first kappa shape index (κ1) is 66.3. The topological polar surface area (TPSA) is 228 Å². The summed E-state index contributed by atoms with van der Waals surface area (Å²) < 4.78 is 22.7. The lowest BCUT2D eigenvalue weighted by atomic mass is 9.97. The summed E-state index contributed by atoms with van der Waals surface area (Å²) in [7, 11) is 0. The van der Waals surface area contributed by atoms with E-state index >= 15 is 0 Å². The molecule has 9 N–H and O–H groups in total. The first-order valence-corrected chi connectivity index (χ1v) is 29.2. The second kappa shape index (κ2) is 44.3. The zero-order valence-electron chi connectivity index (χ0n) is 45.2. The lowest BCUT2D eigenvalue weighted by Crippen LogP contribution is -2.65. The van der Waals surface area contributed by atoms with Crippen LogP contribution < -0.4 is 5.32 Å². The highest BCUT2D eigenvalue weighted by Gasteiger charge is 2.51. The number of aliphatic hydroxyl groups is 8. The molecule has 0 radical (unpaired) electrons. The summed E-state index contributed by atoms with van der Waals surface area (Å²) in [4.78, 5) is 13.2. The maximum atomic E-state index is 13.2. The maximum absolute atomic E-state index is 13.2. The van der Waals surface area contributed by atoms with Crippen LogP contribution in [0, 0.1) is 0 Å². The molecule has 2 rings (SSSR count). The summed E-state index contributed by atoms with van der Waals surface area (Å²) in [6.07, 6.45) is 36.8. The minimum absolute atomic E-state index is 0.253. The zero-order chi connectivity index (χ0) is 52.4. The Kier molecular flexibility index (Phi) is 40.9. The second-order valence-electron chi connectivity index (χ2n) is 20.8. The first-order chi connectivity index (χ1) is 35.1. The van der Waals surface area contributed by atoms with E-state index in [1.807, 2.05) is 19.1 Å². The van der Waals surface area contributed by atoms with Crippen LogP contribution in [0.3, 0.4) is 0 Å². The van der Waals surface area contributed by atoms with Crippen molar-refractivity contribution in [2.24, 2.45) is 0 Å². The Morgan fingerprint density at radius 3 is 1.36 bits per heavy atom. The van der Waals surface area contributed by atoms with Crippen LogP contribution in [-0.2, 0) is 23.7 Å². The third kappa shape index (κ3) is 30.1. The number of rotatable bonds is 46. The van der Waals surface area contributed by atoms with E-state index in [4.69, 9.17) is 18.9 Å². The van der Waals surface area contributed by atoms with E-state index in [1.54, 1.807) is 6.08 Å². The van der Waals surface area contributed by atoms with E-state index in [2.05, 4.69) is 30.5 Å². The zero-order valence-corrected chi connectivity index (χ0v) is 45.2. The number of hydrogen-bond acceptors (Lipinski definition) is 13. The molecule has 2 aliphatic heterocycles. The van der Waals surface area contributed by atoms with Gasteiger partial charge in [0.05, 0.1) is 32.0 Å². The quantitative estimate of drug-likeness (QED) is 0.0205. The van der Waals surface area contributed by atoms with Crippen molar-refractivity contribution in [2.45, 2.75) is 306 Å². The van der Waals surface area contributed by atoms with Gasteiger partial charge in [0.25, 0.3) is 0 Å². The molecule has 0 aliphatic carbocycles. The van der Waals surface area contributed by atoms with Crippen LogP contribution in [0.2, 0.25) is 0 Å². The van der Waals surface area contributed by atoms with Gasteiger partial charge in [0.1, 0.15) is 48.8 Å². The average Bonchev–Trinajstić information content (AvgIpc) is 3.38. The number of nitrogens with one attached hydrogen (secondary N) is 1. The number of hydrogen-bond donors (Lipinski definition) is 9. The van der Waals surface area contributed by atoms with E-state index in [0.29, 0.717) is 12.8 Å². The van der Waals surface area contributed by atoms with Gasteiger partial charge in [-0.2, -0.15) is 0 Å². The van der Waals surface area contributed by atoms with Crippen LogP contribution in [0.25, 0.3) is 0 Å². The van der Waals surface area contributed by atoms with Crippen LogP contribution in [0.4, 0.5) is 0 Å². The Morgan fingerprint density at radius 1 is 0.514 bits per heavy atom. The van der Waals surface area contributed by atoms with Gasteiger partial charge < -0.3 is 65.1 Å². The summed E-state index contributed by atoms with van der Waals surface area (Å²) in [5.74, 6) is -0.253. The number of amides is 1. The number of ether oxygens (including phenoxy) is 4.